The molecule has 0 aromatic heterocycles. The van der Waals surface area contributed by atoms with Crippen molar-refractivity contribution in [3.8, 4) is 0 Å². The number of rotatable bonds is 8. The number of hydrogen-bond donors (Lipinski definition) is 1. The lowest BCUT2D eigenvalue weighted by atomic mass is 10.1. The highest BCUT2D eigenvalue weighted by Gasteiger charge is 2.25. The van der Waals surface area contributed by atoms with Crippen molar-refractivity contribution in [3.63, 3.8) is 0 Å². The second kappa shape index (κ2) is 10.7. The molecule has 0 saturated carbocycles. The van der Waals surface area contributed by atoms with Crippen molar-refractivity contribution in [1.82, 2.24) is 10.2 Å². The first kappa shape index (κ1) is 22.6. The van der Waals surface area contributed by atoms with E-state index in [2.05, 4.69) is 5.32 Å². The van der Waals surface area contributed by atoms with Gasteiger partial charge in [-0.1, -0.05) is 59.1 Å². The van der Waals surface area contributed by atoms with Crippen LogP contribution < -0.4 is 5.32 Å². The van der Waals surface area contributed by atoms with Gasteiger partial charge in [-0.3, -0.25) is 9.59 Å². The lowest BCUT2D eigenvalue weighted by molar-refractivity contribution is -0.138. The van der Waals surface area contributed by atoms with Crippen molar-refractivity contribution in [2.75, 3.05) is 12.8 Å². The van der Waals surface area contributed by atoms with E-state index in [9.17, 15) is 9.59 Å². The normalized spacial score (nSPS) is 11.8. The average Bonchev–Trinajstić information content (AvgIpc) is 2.67. The Morgan fingerprint density at radius 3 is 2.43 bits per heavy atom. The lowest BCUT2D eigenvalue weighted by Gasteiger charge is -2.28. The van der Waals surface area contributed by atoms with E-state index in [1.165, 1.54) is 11.8 Å². The molecular weight excluding hydrogens is 415 g/mol. The number of halogens is 2. The van der Waals surface area contributed by atoms with Crippen molar-refractivity contribution in [1.29, 1.82) is 0 Å². The number of aryl methyl sites for hydroxylation is 1. The smallest absolute Gasteiger partial charge is 0.242 e. The monoisotopic (exact) mass is 438 g/mol. The molecule has 0 bridgehead atoms. The summed E-state index contributed by atoms with van der Waals surface area (Å²) in [5.41, 5.74) is 3.06. The van der Waals surface area contributed by atoms with E-state index in [1.54, 1.807) is 31.0 Å². The predicted molar refractivity (Wildman–Crippen MR) is 118 cm³/mol. The van der Waals surface area contributed by atoms with Crippen molar-refractivity contribution < 1.29 is 9.59 Å². The molecule has 7 heteroatoms. The van der Waals surface area contributed by atoms with Gasteiger partial charge in [0.2, 0.25) is 11.8 Å². The first-order chi connectivity index (χ1) is 13.3. The Hall–Kier alpha value is -1.69. The number of carbonyl (C=O) groups excluding carboxylic acids is 2. The molecule has 1 N–H and O–H groups in total. The van der Waals surface area contributed by atoms with Gasteiger partial charge >= 0.3 is 0 Å². The maximum atomic E-state index is 12.9. The number of hydrogen-bond acceptors (Lipinski definition) is 3. The van der Waals surface area contributed by atoms with Crippen LogP contribution in [0.15, 0.2) is 42.5 Å². The van der Waals surface area contributed by atoms with Gasteiger partial charge in [-0.2, -0.15) is 0 Å². The van der Waals surface area contributed by atoms with E-state index < -0.39 is 6.04 Å². The molecule has 4 nitrogen and oxygen atoms in total. The van der Waals surface area contributed by atoms with E-state index >= 15 is 0 Å². The summed E-state index contributed by atoms with van der Waals surface area (Å²) in [5.74, 6) is 0.568. The van der Waals surface area contributed by atoms with E-state index in [1.807, 2.05) is 37.3 Å². The van der Waals surface area contributed by atoms with Gasteiger partial charge in [-0.15, -0.1) is 11.8 Å². The first-order valence-electron chi connectivity index (χ1n) is 8.90. The topological polar surface area (TPSA) is 49.4 Å². The van der Waals surface area contributed by atoms with Crippen LogP contribution >= 0.6 is 35.0 Å². The minimum atomic E-state index is -0.557. The second-order valence-electron chi connectivity index (χ2n) is 6.53. The minimum Gasteiger partial charge on any atom is -0.357 e. The average molecular weight is 439 g/mol. The van der Waals surface area contributed by atoms with E-state index in [4.69, 9.17) is 23.2 Å². The van der Waals surface area contributed by atoms with Gasteiger partial charge in [0.05, 0.1) is 5.75 Å². The standard InChI is InChI=1S/C21H24Cl2N2O2S/c1-14-4-6-16(7-5-14)11-25(15(2)21(27)24-3)20(26)13-28-12-17-8-9-18(22)10-19(17)23/h4-10,15H,11-13H2,1-3H3,(H,24,27)/t15-/m0/s1. The molecule has 0 aliphatic carbocycles. The van der Waals surface area contributed by atoms with Gasteiger partial charge in [0.1, 0.15) is 6.04 Å². The highest BCUT2D eigenvalue weighted by molar-refractivity contribution is 7.99. The van der Waals surface area contributed by atoms with Gasteiger partial charge in [0.25, 0.3) is 0 Å². The molecule has 0 aliphatic heterocycles. The third-order valence-corrected chi connectivity index (χ3v) is 5.94. The molecule has 0 heterocycles. The van der Waals surface area contributed by atoms with Gasteiger partial charge in [0.15, 0.2) is 0 Å². The molecule has 0 saturated heterocycles. The van der Waals surface area contributed by atoms with E-state index in [-0.39, 0.29) is 17.6 Å². The molecule has 2 amide bonds. The van der Waals surface area contributed by atoms with Crippen molar-refractivity contribution in [3.05, 3.63) is 69.2 Å². The quantitative estimate of drug-likeness (QED) is 0.649. The largest absolute Gasteiger partial charge is 0.357 e. The SMILES string of the molecule is CNC(=O)[C@H](C)N(Cc1ccc(C)cc1)C(=O)CSCc1ccc(Cl)cc1Cl. The van der Waals surface area contributed by atoms with Crippen molar-refractivity contribution in [2.24, 2.45) is 0 Å². The lowest BCUT2D eigenvalue weighted by Crippen LogP contribution is -2.47. The fraction of sp³-hybridized carbons (Fsp3) is 0.333. The summed E-state index contributed by atoms with van der Waals surface area (Å²) in [6.07, 6.45) is 0. The van der Waals surface area contributed by atoms with Crippen LogP contribution in [0.1, 0.15) is 23.6 Å². The second-order valence-corrected chi connectivity index (χ2v) is 8.36. The maximum Gasteiger partial charge on any atom is 0.242 e. The Balaban J connectivity index is 2.05. The molecule has 0 fully saturated rings. The Morgan fingerprint density at radius 2 is 1.82 bits per heavy atom. The predicted octanol–water partition coefficient (Wildman–Crippen LogP) is 4.70. The van der Waals surface area contributed by atoms with Crippen LogP contribution in [0.4, 0.5) is 0 Å². The molecular formula is C21H24Cl2N2O2S. The number of carbonyl (C=O) groups is 2. The van der Waals surface area contributed by atoms with Crippen molar-refractivity contribution >= 4 is 46.8 Å². The zero-order chi connectivity index (χ0) is 20.7. The Labute approximate surface area is 180 Å². The summed E-state index contributed by atoms with van der Waals surface area (Å²) in [7, 11) is 1.57. The Kier molecular flexibility index (Phi) is 8.67. The number of thioether (sulfide) groups is 1. The fourth-order valence-electron chi connectivity index (χ4n) is 2.65. The number of likely N-dealkylation sites (N-methyl/N-ethyl adjacent to an activating group) is 1. The summed E-state index contributed by atoms with van der Waals surface area (Å²) < 4.78 is 0. The van der Waals surface area contributed by atoms with Gasteiger partial charge in [-0.25, -0.2) is 0 Å². The van der Waals surface area contributed by atoms with Crippen LogP contribution in [0.3, 0.4) is 0 Å². The Bertz CT molecular complexity index is 828. The Morgan fingerprint density at radius 1 is 1.14 bits per heavy atom. The van der Waals surface area contributed by atoms with E-state index in [0.717, 1.165) is 16.7 Å². The molecule has 0 aliphatic rings. The molecule has 0 unspecified atom stereocenters. The number of benzene rings is 2. The number of amides is 2. The summed E-state index contributed by atoms with van der Waals surface area (Å²) in [5, 5.41) is 3.79. The summed E-state index contributed by atoms with van der Waals surface area (Å²) in [6.45, 7) is 4.14. The van der Waals surface area contributed by atoms with Crippen molar-refractivity contribution in [2.45, 2.75) is 32.2 Å². The molecule has 0 spiro atoms. The highest BCUT2D eigenvalue weighted by atomic mass is 35.5. The first-order valence-corrected chi connectivity index (χ1v) is 10.8. The third kappa shape index (κ3) is 6.43. The van der Waals surface area contributed by atoms with Crippen LogP contribution in [-0.2, 0) is 21.9 Å². The van der Waals surface area contributed by atoms with Gasteiger partial charge in [-0.05, 0) is 37.1 Å². The zero-order valence-corrected chi connectivity index (χ0v) is 18.5. The summed E-state index contributed by atoms with van der Waals surface area (Å²) in [6, 6.07) is 12.7. The van der Waals surface area contributed by atoms with Gasteiger partial charge in [0, 0.05) is 29.4 Å². The van der Waals surface area contributed by atoms with Crippen LogP contribution in [0.5, 0.6) is 0 Å². The van der Waals surface area contributed by atoms with Gasteiger partial charge < -0.3 is 10.2 Å². The fourth-order valence-corrected chi connectivity index (χ4v) is 4.12. The number of nitrogens with one attached hydrogen (secondary N) is 1. The zero-order valence-electron chi connectivity index (χ0n) is 16.2. The van der Waals surface area contributed by atoms with Crippen LogP contribution in [-0.4, -0.2) is 35.6 Å². The molecule has 150 valence electrons. The van der Waals surface area contributed by atoms with Crippen LogP contribution in [0.25, 0.3) is 0 Å². The molecule has 1 atom stereocenters. The molecule has 28 heavy (non-hydrogen) atoms. The van der Waals surface area contributed by atoms with Crippen LogP contribution in [0, 0.1) is 6.92 Å². The van der Waals surface area contributed by atoms with E-state index in [0.29, 0.717) is 22.3 Å². The highest BCUT2D eigenvalue weighted by Crippen LogP contribution is 2.25. The third-order valence-electron chi connectivity index (χ3n) is 4.39. The molecule has 2 rings (SSSR count). The maximum absolute atomic E-state index is 12.9. The number of nitrogens with zero attached hydrogens (tertiary/aromatic N) is 1. The minimum absolute atomic E-state index is 0.0910. The van der Waals surface area contributed by atoms with Crippen LogP contribution in [0.2, 0.25) is 10.0 Å². The molecule has 2 aromatic rings. The molecule has 0 radical (unpaired) electrons. The summed E-state index contributed by atoms with van der Waals surface area (Å²) in [4.78, 5) is 26.6. The molecule has 2 aromatic carbocycles. The summed E-state index contributed by atoms with van der Waals surface area (Å²) >= 11 is 13.6.